The lowest BCUT2D eigenvalue weighted by Crippen LogP contribution is -2.36. The first-order chi connectivity index (χ1) is 17.5. The van der Waals surface area contributed by atoms with E-state index in [0.29, 0.717) is 17.4 Å². The molecule has 2 aliphatic carbocycles. The second kappa shape index (κ2) is 15.0. The highest BCUT2D eigenvalue weighted by atomic mass is 16.2. The lowest BCUT2D eigenvalue weighted by molar-refractivity contribution is -0.123. The van der Waals surface area contributed by atoms with Gasteiger partial charge < -0.3 is 10.2 Å². The number of carbonyl (C=O) groups is 2. The number of rotatable bonds is 12. The Morgan fingerprint density at radius 2 is 1.64 bits per heavy atom. The molecular weight excluding hydrogens is 444 g/mol. The summed E-state index contributed by atoms with van der Waals surface area (Å²) < 4.78 is 0. The number of nitrogens with one attached hydrogen (secondary N) is 1. The summed E-state index contributed by atoms with van der Waals surface area (Å²) in [6.45, 7) is 4.95. The Labute approximate surface area is 219 Å². The molecule has 0 heterocycles. The van der Waals surface area contributed by atoms with Crippen LogP contribution in [0, 0.1) is 17.8 Å². The Bertz CT molecular complexity index is 859. The average molecular weight is 493 g/mol. The minimum absolute atomic E-state index is 0.0313. The molecule has 2 saturated carbocycles. The fourth-order valence-electron chi connectivity index (χ4n) is 5.98. The molecular formula is C32H48N2O2. The van der Waals surface area contributed by atoms with Crippen molar-refractivity contribution in [3.63, 3.8) is 0 Å². The molecule has 1 N–H and O–H groups in total. The Hall–Kier alpha value is -2.36. The van der Waals surface area contributed by atoms with Gasteiger partial charge >= 0.3 is 0 Å². The highest BCUT2D eigenvalue weighted by molar-refractivity contribution is 5.99. The van der Waals surface area contributed by atoms with Crippen molar-refractivity contribution in [3.8, 4) is 0 Å². The fraction of sp³-hybridized carbons (Fsp3) is 0.625. The van der Waals surface area contributed by atoms with Gasteiger partial charge in [-0.15, -0.1) is 0 Å². The van der Waals surface area contributed by atoms with Gasteiger partial charge in [-0.1, -0.05) is 88.3 Å². The number of hydrogen-bond donors (Lipinski definition) is 1. The van der Waals surface area contributed by atoms with E-state index in [1.54, 1.807) is 0 Å². The number of allylic oxidation sites excluding steroid dienone is 1. The molecule has 0 aliphatic heterocycles. The van der Waals surface area contributed by atoms with E-state index < -0.39 is 5.92 Å². The molecule has 1 aromatic rings. The van der Waals surface area contributed by atoms with Crippen LogP contribution in [-0.2, 0) is 4.79 Å². The predicted octanol–water partition coefficient (Wildman–Crippen LogP) is 7.63. The Morgan fingerprint density at radius 1 is 0.972 bits per heavy atom. The lowest BCUT2D eigenvalue weighted by atomic mass is 9.80. The molecule has 1 atom stereocenters. The third-order valence-corrected chi connectivity index (χ3v) is 8.22. The van der Waals surface area contributed by atoms with E-state index in [9.17, 15) is 9.59 Å². The number of Topliss-reactive ketones (excluding diaryl/α,β-unsaturated/α-hetero) is 1. The van der Waals surface area contributed by atoms with E-state index in [0.717, 1.165) is 12.5 Å². The molecule has 0 spiro atoms. The van der Waals surface area contributed by atoms with Crippen LogP contribution in [0.25, 0.3) is 0 Å². The number of amides is 1. The van der Waals surface area contributed by atoms with Gasteiger partial charge in [0.25, 0.3) is 0 Å². The fourth-order valence-corrected chi connectivity index (χ4v) is 5.98. The third-order valence-electron chi connectivity index (χ3n) is 8.22. The van der Waals surface area contributed by atoms with Crippen LogP contribution in [0.5, 0.6) is 0 Å². The second-order valence-corrected chi connectivity index (χ2v) is 11.1. The topological polar surface area (TPSA) is 49.4 Å². The van der Waals surface area contributed by atoms with Crippen molar-refractivity contribution >= 4 is 11.7 Å². The minimum atomic E-state index is -0.473. The summed E-state index contributed by atoms with van der Waals surface area (Å²) in [5.41, 5.74) is 2.05. The summed E-state index contributed by atoms with van der Waals surface area (Å²) in [4.78, 5) is 28.3. The van der Waals surface area contributed by atoms with Crippen molar-refractivity contribution in [2.24, 2.45) is 17.8 Å². The Kier molecular flexibility index (Phi) is 11.8. The molecule has 1 amide bonds. The summed E-state index contributed by atoms with van der Waals surface area (Å²) in [6, 6.07) is 8.18. The van der Waals surface area contributed by atoms with Crippen molar-refractivity contribution in [2.45, 2.75) is 96.8 Å². The number of hydrogen-bond acceptors (Lipinski definition) is 3. The number of carbonyl (C=O) groups excluding carboxylic acids is 2. The Balaban J connectivity index is 1.59. The molecule has 1 aromatic carbocycles. The van der Waals surface area contributed by atoms with Gasteiger partial charge in [-0.25, -0.2) is 0 Å². The molecule has 0 bridgehead atoms. The summed E-state index contributed by atoms with van der Waals surface area (Å²) in [7, 11) is 1.94. The molecule has 2 fully saturated rings. The zero-order valence-electron chi connectivity index (χ0n) is 22.9. The van der Waals surface area contributed by atoms with Crippen LogP contribution in [0.2, 0.25) is 0 Å². The number of nitrogens with zero attached hydrogens (tertiary/aromatic N) is 1. The molecule has 198 valence electrons. The maximum Gasteiger partial charge on any atom is 0.227 e. The summed E-state index contributed by atoms with van der Waals surface area (Å²) >= 11 is 0. The van der Waals surface area contributed by atoms with Gasteiger partial charge in [0.2, 0.25) is 5.91 Å². The van der Waals surface area contributed by atoms with Gasteiger partial charge in [-0.3, -0.25) is 9.59 Å². The van der Waals surface area contributed by atoms with Gasteiger partial charge in [-0.05, 0) is 68.3 Å². The monoisotopic (exact) mass is 492 g/mol. The summed E-state index contributed by atoms with van der Waals surface area (Å²) in [5, 5.41) is 3.19. The number of benzene rings is 1. The van der Waals surface area contributed by atoms with E-state index in [2.05, 4.69) is 24.4 Å². The highest BCUT2D eigenvalue weighted by Gasteiger charge is 2.24. The average Bonchev–Trinajstić information content (AvgIpc) is 2.91. The third kappa shape index (κ3) is 8.94. The first-order valence-electron chi connectivity index (χ1n) is 14.4. The normalized spacial score (nSPS) is 22.1. The molecule has 2 aliphatic rings. The summed E-state index contributed by atoms with van der Waals surface area (Å²) in [6.07, 6.45) is 21.8. The zero-order valence-corrected chi connectivity index (χ0v) is 22.9. The zero-order chi connectivity index (χ0) is 25.8. The van der Waals surface area contributed by atoms with Crippen LogP contribution < -0.4 is 5.32 Å². The van der Waals surface area contributed by atoms with Crippen LogP contribution in [0.3, 0.4) is 0 Å². The quantitative estimate of drug-likeness (QED) is 0.305. The first kappa shape index (κ1) is 28.2. The van der Waals surface area contributed by atoms with Crippen LogP contribution in [0.1, 0.15) is 113 Å². The van der Waals surface area contributed by atoms with Gasteiger partial charge in [-0.2, -0.15) is 0 Å². The lowest BCUT2D eigenvalue weighted by Gasteiger charge is -2.28. The van der Waals surface area contributed by atoms with Crippen LogP contribution >= 0.6 is 0 Å². The van der Waals surface area contributed by atoms with Gasteiger partial charge in [0.05, 0.1) is 5.92 Å². The first-order valence-corrected chi connectivity index (χ1v) is 14.4. The van der Waals surface area contributed by atoms with Crippen molar-refractivity contribution < 1.29 is 9.59 Å². The standard InChI is InChI=1S/C32H48N2O2/c1-4-9-25-12-14-26(15-13-25)24-33-32(36)30(20-22-34(3)21-5-2)23-31(35)29-18-16-28(17-19-29)27-10-7-6-8-11-27/h5,16-22,25-27,30H,4,6-15,23-24H2,1-3H3,(H,33,36)/b21-5+,22-20+. The van der Waals surface area contributed by atoms with Crippen molar-refractivity contribution in [1.29, 1.82) is 0 Å². The van der Waals surface area contributed by atoms with Crippen molar-refractivity contribution in [3.05, 3.63) is 59.9 Å². The van der Waals surface area contributed by atoms with Crippen LogP contribution in [0.4, 0.5) is 0 Å². The maximum atomic E-state index is 13.2. The molecule has 1 unspecified atom stereocenters. The number of ketones is 1. The van der Waals surface area contributed by atoms with Crippen molar-refractivity contribution in [2.75, 3.05) is 13.6 Å². The molecule has 3 rings (SSSR count). The summed E-state index contributed by atoms with van der Waals surface area (Å²) in [5.74, 6) is 1.57. The predicted molar refractivity (Wildman–Crippen MR) is 150 cm³/mol. The van der Waals surface area contributed by atoms with E-state index in [1.165, 1.54) is 76.2 Å². The van der Waals surface area contributed by atoms with E-state index in [-0.39, 0.29) is 18.1 Å². The minimum Gasteiger partial charge on any atom is -0.358 e. The van der Waals surface area contributed by atoms with Crippen LogP contribution in [-0.4, -0.2) is 30.2 Å². The van der Waals surface area contributed by atoms with Gasteiger partial charge in [0.15, 0.2) is 5.78 Å². The Morgan fingerprint density at radius 3 is 2.28 bits per heavy atom. The molecule has 36 heavy (non-hydrogen) atoms. The SMILES string of the molecule is C/C=C/N(C)/C=C/C(CC(=O)c1ccc(C2CCCCC2)cc1)C(=O)NCC1CCC(CCC)CC1. The largest absolute Gasteiger partial charge is 0.358 e. The van der Waals surface area contributed by atoms with Gasteiger partial charge in [0, 0.05) is 25.6 Å². The van der Waals surface area contributed by atoms with E-state index >= 15 is 0 Å². The second-order valence-electron chi connectivity index (χ2n) is 11.1. The molecule has 4 nitrogen and oxygen atoms in total. The van der Waals surface area contributed by atoms with Gasteiger partial charge in [0.1, 0.15) is 0 Å². The van der Waals surface area contributed by atoms with E-state index in [4.69, 9.17) is 0 Å². The van der Waals surface area contributed by atoms with Crippen molar-refractivity contribution in [1.82, 2.24) is 10.2 Å². The molecule has 4 heteroatoms. The smallest absolute Gasteiger partial charge is 0.227 e. The highest BCUT2D eigenvalue weighted by Crippen LogP contribution is 2.33. The molecule has 0 saturated heterocycles. The van der Waals surface area contributed by atoms with Crippen LogP contribution in [0.15, 0.2) is 48.8 Å². The maximum absolute atomic E-state index is 13.2. The van der Waals surface area contributed by atoms with E-state index in [1.807, 2.05) is 55.6 Å². The molecule has 0 radical (unpaired) electrons. The molecule has 0 aromatic heterocycles.